The van der Waals surface area contributed by atoms with Crippen LogP contribution in [0.1, 0.15) is 22.5 Å². The topological polar surface area (TPSA) is 53.1 Å². The van der Waals surface area contributed by atoms with Crippen molar-refractivity contribution < 1.29 is 4.74 Å². The van der Waals surface area contributed by atoms with Gasteiger partial charge >= 0.3 is 0 Å². The zero-order valence-electron chi connectivity index (χ0n) is 11.8. The molecule has 0 radical (unpaired) electrons. The SMILES string of the molecule is COc1cccc(Cn2nc(C)c(CCN)c2C)c1. The monoisotopic (exact) mass is 259 g/mol. The fourth-order valence-electron chi connectivity index (χ4n) is 2.34. The van der Waals surface area contributed by atoms with Gasteiger partial charge in [0.15, 0.2) is 0 Å². The molecule has 0 aliphatic rings. The Kier molecular flexibility index (Phi) is 4.22. The van der Waals surface area contributed by atoms with Gasteiger partial charge in [-0.2, -0.15) is 5.10 Å². The van der Waals surface area contributed by atoms with Crippen molar-refractivity contribution in [2.45, 2.75) is 26.8 Å². The highest BCUT2D eigenvalue weighted by Crippen LogP contribution is 2.17. The Morgan fingerprint density at radius 1 is 1.32 bits per heavy atom. The number of aromatic nitrogens is 2. The van der Waals surface area contributed by atoms with E-state index in [1.807, 2.05) is 29.8 Å². The molecule has 0 aliphatic carbocycles. The van der Waals surface area contributed by atoms with Crippen LogP contribution in [0.15, 0.2) is 24.3 Å². The lowest BCUT2D eigenvalue weighted by Crippen LogP contribution is -2.06. The molecule has 0 atom stereocenters. The summed E-state index contributed by atoms with van der Waals surface area (Å²) in [5, 5.41) is 4.60. The first-order valence-electron chi connectivity index (χ1n) is 6.51. The second kappa shape index (κ2) is 5.89. The molecule has 0 amide bonds. The zero-order chi connectivity index (χ0) is 13.8. The highest BCUT2D eigenvalue weighted by atomic mass is 16.5. The number of methoxy groups -OCH3 is 1. The number of benzene rings is 1. The van der Waals surface area contributed by atoms with Gasteiger partial charge in [-0.1, -0.05) is 12.1 Å². The largest absolute Gasteiger partial charge is 0.497 e. The minimum Gasteiger partial charge on any atom is -0.497 e. The van der Waals surface area contributed by atoms with E-state index >= 15 is 0 Å². The van der Waals surface area contributed by atoms with Crippen molar-refractivity contribution in [1.29, 1.82) is 0 Å². The van der Waals surface area contributed by atoms with Crippen LogP contribution in [0.5, 0.6) is 5.75 Å². The van der Waals surface area contributed by atoms with Crippen LogP contribution < -0.4 is 10.5 Å². The number of hydrogen-bond acceptors (Lipinski definition) is 3. The summed E-state index contributed by atoms with van der Waals surface area (Å²) >= 11 is 0. The van der Waals surface area contributed by atoms with E-state index in [2.05, 4.69) is 18.1 Å². The van der Waals surface area contributed by atoms with E-state index in [9.17, 15) is 0 Å². The smallest absolute Gasteiger partial charge is 0.119 e. The number of nitrogens with zero attached hydrogens (tertiary/aromatic N) is 2. The Morgan fingerprint density at radius 3 is 2.79 bits per heavy atom. The second-order valence-corrected chi connectivity index (χ2v) is 4.70. The van der Waals surface area contributed by atoms with E-state index in [1.165, 1.54) is 16.8 Å². The van der Waals surface area contributed by atoms with Crippen LogP contribution in [0.2, 0.25) is 0 Å². The van der Waals surface area contributed by atoms with Gasteiger partial charge < -0.3 is 10.5 Å². The Labute approximate surface area is 114 Å². The quantitative estimate of drug-likeness (QED) is 0.894. The predicted octanol–water partition coefficient (Wildman–Crippen LogP) is 2.06. The van der Waals surface area contributed by atoms with Crippen LogP contribution in [0.4, 0.5) is 0 Å². The van der Waals surface area contributed by atoms with Crippen LogP contribution >= 0.6 is 0 Å². The van der Waals surface area contributed by atoms with Crippen molar-refractivity contribution in [3.05, 3.63) is 46.8 Å². The molecule has 4 heteroatoms. The molecule has 0 fully saturated rings. The minimum atomic E-state index is 0.659. The highest BCUT2D eigenvalue weighted by Gasteiger charge is 2.11. The molecule has 0 bridgehead atoms. The number of ether oxygens (including phenoxy) is 1. The number of rotatable bonds is 5. The fraction of sp³-hybridized carbons (Fsp3) is 0.400. The maximum Gasteiger partial charge on any atom is 0.119 e. The van der Waals surface area contributed by atoms with E-state index in [4.69, 9.17) is 10.5 Å². The molecular formula is C15H21N3O. The summed E-state index contributed by atoms with van der Waals surface area (Å²) in [5.74, 6) is 0.876. The van der Waals surface area contributed by atoms with Crippen LogP contribution in [0, 0.1) is 13.8 Å². The Morgan fingerprint density at radius 2 is 2.11 bits per heavy atom. The van der Waals surface area contributed by atoms with Gasteiger partial charge in [0.05, 0.1) is 19.3 Å². The van der Waals surface area contributed by atoms with E-state index in [0.717, 1.165) is 24.4 Å². The standard InChI is InChI=1S/C15H21N3O/c1-11-15(7-8-16)12(2)18(17-11)10-13-5-4-6-14(9-13)19-3/h4-6,9H,7-8,10,16H2,1-3H3. The average molecular weight is 259 g/mol. The lowest BCUT2D eigenvalue weighted by molar-refractivity contribution is 0.414. The van der Waals surface area contributed by atoms with Crippen molar-refractivity contribution >= 4 is 0 Å². The number of hydrogen-bond donors (Lipinski definition) is 1. The van der Waals surface area contributed by atoms with Gasteiger partial charge in [-0.15, -0.1) is 0 Å². The Hall–Kier alpha value is -1.81. The highest BCUT2D eigenvalue weighted by molar-refractivity contribution is 5.30. The third kappa shape index (κ3) is 2.96. The molecule has 0 unspecified atom stereocenters. The van der Waals surface area contributed by atoms with Gasteiger partial charge in [0.1, 0.15) is 5.75 Å². The molecule has 0 spiro atoms. The van der Waals surface area contributed by atoms with Crippen molar-refractivity contribution in [1.82, 2.24) is 9.78 Å². The molecule has 1 aromatic heterocycles. The molecule has 0 saturated carbocycles. The second-order valence-electron chi connectivity index (χ2n) is 4.70. The summed E-state index contributed by atoms with van der Waals surface area (Å²) < 4.78 is 7.28. The lowest BCUT2D eigenvalue weighted by Gasteiger charge is -2.07. The third-order valence-electron chi connectivity index (χ3n) is 3.39. The minimum absolute atomic E-state index is 0.659. The van der Waals surface area contributed by atoms with E-state index in [1.54, 1.807) is 7.11 Å². The van der Waals surface area contributed by atoms with Crippen LogP contribution in [-0.2, 0) is 13.0 Å². The van der Waals surface area contributed by atoms with Crippen molar-refractivity contribution in [3.8, 4) is 5.75 Å². The fourth-order valence-corrected chi connectivity index (χ4v) is 2.34. The summed E-state index contributed by atoms with van der Waals surface area (Å²) in [5.41, 5.74) is 10.4. The third-order valence-corrected chi connectivity index (χ3v) is 3.39. The predicted molar refractivity (Wildman–Crippen MR) is 76.6 cm³/mol. The van der Waals surface area contributed by atoms with Gasteiger partial charge in [-0.25, -0.2) is 0 Å². The summed E-state index contributed by atoms with van der Waals surface area (Å²) in [6.07, 6.45) is 0.885. The first-order valence-corrected chi connectivity index (χ1v) is 6.51. The first kappa shape index (κ1) is 13.6. The first-order chi connectivity index (χ1) is 9.15. The lowest BCUT2D eigenvalue weighted by atomic mass is 10.1. The zero-order valence-corrected chi connectivity index (χ0v) is 11.8. The van der Waals surface area contributed by atoms with Crippen LogP contribution in [0.25, 0.3) is 0 Å². The van der Waals surface area contributed by atoms with E-state index in [-0.39, 0.29) is 0 Å². The number of nitrogens with two attached hydrogens (primary N) is 1. The maximum atomic E-state index is 5.64. The van der Waals surface area contributed by atoms with Crippen molar-refractivity contribution in [2.75, 3.05) is 13.7 Å². The summed E-state index contributed by atoms with van der Waals surface area (Å²) in [6, 6.07) is 8.08. The molecule has 0 aliphatic heterocycles. The Bertz CT molecular complexity index is 561. The maximum absolute atomic E-state index is 5.64. The van der Waals surface area contributed by atoms with Gasteiger partial charge in [-0.05, 0) is 50.1 Å². The van der Waals surface area contributed by atoms with Gasteiger partial charge in [-0.3, -0.25) is 4.68 Å². The Balaban J connectivity index is 2.25. The molecule has 2 N–H and O–H groups in total. The summed E-state index contributed by atoms with van der Waals surface area (Å²) in [6.45, 7) is 5.56. The molecule has 2 rings (SSSR count). The van der Waals surface area contributed by atoms with E-state index < -0.39 is 0 Å². The molecule has 1 aromatic carbocycles. The molecular weight excluding hydrogens is 238 g/mol. The summed E-state index contributed by atoms with van der Waals surface area (Å²) in [4.78, 5) is 0. The molecule has 1 heterocycles. The van der Waals surface area contributed by atoms with Gasteiger partial charge in [0.25, 0.3) is 0 Å². The van der Waals surface area contributed by atoms with Gasteiger partial charge in [0, 0.05) is 5.69 Å². The molecule has 19 heavy (non-hydrogen) atoms. The summed E-state index contributed by atoms with van der Waals surface area (Å²) in [7, 11) is 1.68. The molecule has 2 aromatic rings. The molecule has 102 valence electrons. The van der Waals surface area contributed by atoms with Crippen LogP contribution in [-0.4, -0.2) is 23.4 Å². The van der Waals surface area contributed by atoms with Crippen LogP contribution in [0.3, 0.4) is 0 Å². The molecule has 4 nitrogen and oxygen atoms in total. The van der Waals surface area contributed by atoms with E-state index in [0.29, 0.717) is 6.54 Å². The average Bonchev–Trinajstić information content (AvgIpc) is 2.67. The van der Waals surface area contributed by atoms with Crippen molar-refractivity contribution in [2.24, 2.45) is 5.73 Å². The van der Waals surface area contributed by atoms with Crippen molar-refractivity contribution in [3.63, 3.8) is 0 Å². The normalized spacial score (nSPS) is 10.7. The number of aryl methyl sites for hydroxylation is 1. The molecule has 0 saturated heterocycles. The van der Waals surface area contributed by atoms with Gasteiger partial charge in [0.2, 0.25) is 0 Å².